The molecule has 0 N–H and O–H groups in total. The van der Waals surface area contributed by atoms with Crippen molar-refractivity contribution in [3.8, 4) is 0 Å². The lowest BCUT2D eigenvalue weighted by atomic mass is 10.2. The van der Waals surface area contributed by atoms with Gasteiger partial charge in [0.2, 0.25) is 5.76 Å². The van der Waals surface area contributed by atoms with Gasteiger partial charge in [0.1, 0.15) is 5.76 Å². The minimum absolute atomic E-state index is 0.204. The molecule has 4 aromatic rings. The molecule has 2 aromatic heterocycles. The van der Waals surface area contributed by atoms with Crippen molar-refractivity contribution in [3.05, 3.63) is 89.5 Å². The lowest BCUT2D eigenvalue weighted by Crippen LogP contribution is -1.99. The summed E-state index contributed by atoms with van der Waals surface area (Å²) < 4.78 is 12.4. The number of para-hydroxylation sites is 1. The van der Waals surface area contributed by atoms with Gasteiger partial charge >= 0.3 is 5.97 Å². The van der Waals surface area contributed by atoms with E-state index in [0.29, 0.717) is 12.3 Å². The van der Waals surface area contributed by atoms with E-state index in [4.69, 9.17) is 9.15 Å². The monoisotopic (exact) mass is 372 g/mol. The summed E-state index contributed by atoms with van der Waals surface area (Å²) in [5.74, 6) is 0.410. The van der Waals surface area contributed by atoms with E-state index in [9.17, 15) is 4.79 Å². The first-order chi connectivity index (χ1) is 13.6. The van der Waals surface area contributed by atoms with Gasteiger partial charge in [0.05, 0.1) is 19.3 Å². The number of methoxy groups -OCH3 is 1. The second-order valence-electron chi connectivity index (χ2n) is 6.58. The van der Waals surface area contributed by atoms with Gasteiger partial charge in [0, 0.05) is 28.9 Å². The molecule has 2 aromatic carbocycles. The number of esters is 1. The molecule has 5 nitrogen and oxygen atoms in total. The molecule has 0 radical (unpaired) electrons. The number of fused-ring (bicyclic) bond motifs is 1. The Hall–Kier alpha value is -3.60. The topological polar surface area (TPSA) is 56.7 Å². The van der Waals surface area contributed by atoms with Crippen LogP contribution in [0, 0.1) is 6.92 Å². The third kappa shape index (κ3) is 3.60. The number of rotatable bonds is 5. The number of aromatic nitrogens is 1. The Balaban J connectivity index is 1.65. The Labute approximate surface area is 162 Å². The van der Waals surface area contributed by atoms with E-state index in [1.165, 1.54) is 12.7 Å². The van der Waals surface area contributed by atoms with Crippen LogP contribution in [0.15, 0.2) is 76.3 Å². The van der Waals surface area contributed by atoms with Crippen molar-refractivity contribution in [2.75, 3.05) is 7.11 Å². The van der Waals surface area contributed by atoms with Gasteiger partial charge in [-0.05, 0) is 37.3 Å². The first-order valence-electron chi connectivity index (χ1n) is 8.99. The number of carbonyl (C=O) groups excluding carboxylic acids is 1. The van der Waals surface area contributed by atoms with E-state index >= 15 is 0 Å². The third-order valence-corrected chi connectivity index (χ3v) is 4.58. The standard InChI is InChI=1S/C23H20N2O3/c1-16-7-9-18(10-8-16)24-13-17-14-25(21-6-4-3-5-20(17)21)15-19-11-12-22(28-19)23(26)27-2/h3-14H,15H2,1-2H3. The molecule has 28 heavy (non-hydrogen) atoms. The number of furan rings is 1. The van der Waals surface area contributed by atoms with Crippen molar-refractivity contribution >= 4 is 28.8 Å². The molecule has 0 amide bonds. The van der Waals surface area contributed by atoms with Crippen molar-refractivity contribution in [1.29, 1.82) is 0 Å². The molecule has 0 fully saturated rings. The Bertz CT molecular complexity index is 1150. The Morgan fingerprint density at radius 1 is 1.11 bits per heavy atom. The van der Waals surface area contributed by atoms with E-state index in [1.54, 1.807) is 12.1 Å². The number of hydrogen-bond donors (Lipinski definition) is 0. The normalized spacial score (nSPS) is 11.4. The zero-order valence-electron chi connectivity index (χ0n) is 15.8. The highest BCUT2D eigenvalue weighted by atomic mass is 16.5. The van der Waals surface area contributed by atoms with Gasteiger partial charge in [-0.3, -0.25) is 4.99 Å². The number of nitrogens with zero attached hydrogens (tertiary/aromatic N) is 2. The Kier molecular flexibility index (Phi) is 4.81. The molecule has 0 bridgehead atoms. The number of hydrogen-bond acceptors (Lipinski definition) is 4. The van der Waals surface area contributed by atoms with Crippen LogP contribution in [0.5, 0.6) is 0 Å². The fraction of sp³-hybridized carbons (Fsp3) is 0.130. The zero-order valence-corrected chi connectivity index (χ0v) is 15.8. The highest BCUT2D eigenvalue weighted by Gasteiger charge is 2.13. The maximum atomic E-state index is 11.6. The first-order valence-corrected chi connectivity index (χ1v) is 8.99. The van der Waals surface area contributed by atoms with E-state index in [2.05, 4.69) is 28.6 Å². The van der Waals surface area contributed by atoms with Crippen molar-refractivity contribution < 1.29 is 13.9 Å². The lowest BCUT2D eigenvalue weighted by molar-refractivity contribution is 0.0563. The van der Waals surface area contributed by atoms with Crippen LogP contribution in [0.2, 0.25) is 0 Å². The maximum absolute atomic E-state index is 11.6. The molecule has 0 aliphatic heterocycles. The van der Waals surface area contributed by atoms with Gasteiger partial charge in [-0.2, -0.15) is 0 Å². The first kappa shape index (κ1) is 17.8. The van der Waals surface area contributed by atoms with Crippen LogP contribution in [0.1, 0.15) is 27.4 Å². The molecular formula is C23H20N2O3. The van der Waals surface area contributed by atoms with Gasteiger partial charge in [0.15, 0.2) is 0 Å². The Morgan fingerprint density at radius 3 is 2.68 bits per heavy atom. The summed E-state index contributed by atoms with van der Waals surface area (Å²) in [4.78, 5) is 16.2. The van der Waals surface area contributed by atoms with Gasteiger partial charge in [-0.15, -0.1) is 0 Å². The van der Waals surface area contributed by atoms with E-state index < -0.39 is 5.97 Å². The molecule has 0 aliphatic carbocycles. The number of carbonyl (C=O) groups is 1. The minimum atomic E-state index is -0.477. The van der Waals surface area contributed by atoms with Crippen molar-refractivity contribution in [2.24, 2.45) is 4.99 Å². The lowest BCUT2D eigenvalue weighted by Gasteiger charge is -2.02. The van der Waals surface area contributed by atoms with Crippen molar-refractivity contribution in [1.82, 2.24) is 4.57 Å². The summed E-state index contributed by atoms with van der Waals surface area (Å²) in [6.07, 6.45) is 3.92. The average Bonchev–Trinajstić information content (AvgIpc) is 3.33. The number of ether oxygens (including phenoxy) is 1. The van der Waals surface area contributed by atoms with E-state index in [0.717, 1.165) is 22.2 Å². The summed E-state index contributed by atoms with van der Waals surface area (Å²) in [5, 5.41) is 1.11. The number of aryl methyl sites for hydroxylation is 1. The van der Waals surface area contributed by atoms with Crippen LogP contribution in [0.25, 0.3) is 10.9 Å². The van der Waals surface area contributed by atoms with Crippen LogP contribution in [-0.4, -0.2) is 23.9 Å². The summed E-state index contributed by atoms with van der Waals surface area (Å²) >= 11 is 0. The van der Waals surface area contributed by atoms with Crippen molar-refractivity contribution in [3.63, 3.8) is 0 Å². The molecule has 140 valence electrons. The number of benzene rings is 2. The van der Waals surface area contributed by atoms with Gasteiger partial charge in [-0.25, -0.2) is 4.79 Å². The second-order valence-corrected chi connectivity index (χ2v) is 6.58. The van der Waals surface area contributed by atoms with E-state index in [1.807, 2.05) is 48.8 Å². The second kappa shape index (κ2) is 7.56. The summed E-state index contributed by atoms with van der Waals surface area (Å²) in [5.41, 5.74) is 4.22. The largest absolute Gasteiger partial charge is 0.463 e. The molecule has 0 aliphatic rings. The smallest absolute Gasteiger partial charge is 0.373 e. The van der Waals surface area contributed by atoms with Crippen LogP contribution in [0.4, 0.5) is 5.69 Å². The van der Waals surface area contributed by atoms with Crippen molar-refractivity contribution in [2.45, 2.75) is 13.5 Å². The predicted octanol–water partition coefficient (Wildman–Crippen LogP) is 5.13. The molecule has 0 spiro atoms. The van der Waals surface area contributed by atoms with Crippen LogP contribution < -0.4 is 0 Å². The minimum Gasteiger partial charge on any atom is -0.463 e. The van der Waals surface area contributed by atoms with Crippen LogP contribution in [0.3, 0.4) is 0 Å². The average molecular weight is 372 g/mol. The van der Waals surface area contributed by atoms with Gasteiger partial charge in [0.25, 0.3) is 0 Å². The molecule has 0 saturated carbocycles. The zero-order chi connectivity index (χ0) is 19.5. The quantitative estimate of drug-likeness (QED) is 0.360. The van der Waals surface area contributed by atoms with E-state index in [-0.39, 0.29) is 5.76 Å². The molecule has 0 atom stereocenters. The third-order valence-electron chi connectivity index (χ3n) is 4.58. The fourth-order valence-electron chi connectivity index (χ4n) is 3.12. The summed E-state index contributed by atoms with van der Waals surface area (Å²) in [6, 6.07) is 19.7. The summed E-state index contributed by atoms with van der Waals surface area (Å²) in [7, 11) is 1.34. The summed E-state index contributed by atoms with van der Waals surface area (Å²) in [6.45, 7) is 2.57. The molecule has 4 rings (SSSR count). The van der Waals surface area contributed by atoms with Crippen LogP contribution in [-0.2, 0) is 11.3 Å². The molecule has 5 heteroatoms. The number of aliphatic imine (C=N–C) groups is 1. The Morgan fingerprint density at radius 2 is 1.89 bits per heavy atom. The van der Waals surface area contributed by atoms with Crippen LogP contribution >= 0.6 is 0 Å². The molecule has 0 unspecified atom stereocenters. The predicted molar refractivity (Wildman–Crippen MR) is 110 cm³/mol. The molecular weight excluding hydrogens is 352 g/mol. The van der Waals surface area contributed by atoms with Gasteiger partial charge < -0.3 is 13.7 Å². The highest BCUT2D eigenvalue weighted by molar-refractivity contribution is 6.00. The molecule has 2 heterocycles. The SMILES string of the molecule is COC(=O)c1ccc(Cn2cc(C=Nc3ccc(C)cc3)c3ccccc32)o1. The fourth-order valence-corrected chi connectivity index (χ4v) is 3.12. The molecule has 0 saturated heterocycles. The highest BCUT2D eigenvalue weighted by Crippen LogP contribution is 2.23. The van der Waals surface area contributed by atoms with Gasteiger partial charge in [-0.1, -0.05) is 35.9 Å². The maximum Gasteiger partial charge on any atom is 0.373 e.